The van der Waals surface area contributed by atoms with Crippen molar-refractivity contribution in [3.05, 3.63) is 0 Å². The molecule has 0 saturated heterocycles. The third kappa shape index (κ3) is 24.1. The Hall–Kier alpha value is 1.75. The first-order valence-electron chi connectivity index (χ1n) is 8.26. The maximum atomic E-state index is 10.4. The van der Waals surface area contributed by atoms with Crippen LogP contribution >= 0.6 is 7.82 Å². The van der Waals surface area contributed by atoms with Crippen LogP contribution in [0.2, 0.25) is 0 Å². The van der Waals surface area contributed by atoms with E-state index < -0.39 is 7.82 Å². The molecule has 0 aromatic carbocycles. The summed E-state index contributed by atoms with van der Waals surface area (Å²) in [5.41, 5.74) is 0. The van der Waals surface area contributed by atoms with Crippen LogP contribution < -0.4 is 51.4 Å². The molecule has 0 heterocycles. The van der Waals surface area contributed by atoms with Gasteiger partial charge in [-0.15, -0.1) is 0 Å². The summed E-state index contributed by atoms with van der Waals surface area (Å²) >= 11 is 0. The Morgan fingerprint density at radius 3 is 1.43 bits per heavy atom. The van der Waals surface area contributed by atoms with Crippen LogP contribution in [0, 0.1) is 0 Å². The first-order chi connectivity index (χ1) is 9.56. The largest absolute Gasteiger partial charge is 1.00 e. The third-order valence-corrected chi connectivity index (χ3v) is 4.03. The fraction of sp³-hybridized carbons (Fsp3) is 1.00. The van der Waals surface area contributed by atoms with Crippen molar-refractivity contribution >= 4 is 7.82 Å². The molecule has 0 fully saturated rings. The fourth-order valence-electron chi connectivity index (χ4n) is 2.30. The molecule has 2 N–H and O–H groups in total. The predicted molar refractivity (Wildman–Crippen MR) is 84.8 cm³/mol. The van der Waals surface area contributed by atoms with Crippen molar-refractivity contribution in [2.24, 2.45) is 0 Å². The van der Waals surface area contributed by atoms with Gasteiger partial charge in [0.1, 0.15) is 0 Å². The maximum absolute atomic E-state index is 10.4. The molecule has 124 valence electrons. The van der Waals surface area contributed by atoms with Crippen LogP contribution in [0.5, 0.6) is 0 Å². The van der Waals surface area contributed by atoms with Gasteiger partial charge in [0, 0.05) is 0 Å². The molecule has 0 radical (unpaired) electrons. The Kier molecular flexibility index (Phi) is 21.5. The van der Waals surface area contributed by atoms with Crippen LogP contribution in [0.1, 0.15) is 91.8 Å². The van der Waals surface area contributed by atoms with E-state index in [-0.39, 0.29) is 59.4 Å². The SMILES string of the molecule is CCCCCCCCCCCCCCCOP(=O)(O)O.[H-].[K+]. The van der Waals surface area contributed by atoms with Crippen LogP contribution in [-0.4, -0.2) is 16.4 Å². The summed E-state index contributed by atoms with van der Waals surface area (Å²) in [6.07, 6.45) is 16.3. The van der Waals surface area contributed by atoms with Gasteiger partial charge >= 0.3 is 59.2 Å². The zero-order valence-corrected chi connectivity index (χ0v) is 18.1. The van der Waals surface area contributed by atoms with Gasteiger partial charge in [-0.25, -0.2) is 4.57 Å². The fourth-order valence-corrected chi connectivity index (χ4v) is 2.67. The van der Waals surface area contributed by atoms with Crippen molar-refractivity contribution in [3.8, 4) is 0 Å². The third-order valence-electron chi connectivity index (χ3n) is 3.51. The minimum atomic E-state index is -4.25. The quantitative estimate of drug-likeness (QED) is 0.271. The monoisotopic (exact) mass is 348 g/mol. The molecule has 6 heteroatoms. The number of phosphoric ester groups is 1. The number of hydrogen-bond donors (Lipinski definition) is 2. The molecule has 0 saturated carbocycles. The summed E-state index contributed by atoms with van der Waals surface area (Å²) in [4.78, 5) is 17.0. The Labute approximate surface area is 175 Å². The molecule has 0 aromatic heterocycles. The molecule has 0 aromatic rings. The Balaban J connectivity index is -0.00000180. The predicted octanol–water partition coefficient (Wildman–Crippen LogP) is 2.30. The van der Waals surface area contributed by atoms with Gasteiger partial charge in [-0.3, -0.25) is 4.52 Å². The van der Waals surface area contributed by atoms with Gasteiger partial charge in [-0.2, -0.15) is 0 Å². The van der Waals surface area contributed by atoms with Gasteiger partial charge < -0.3 is 11.2 Å². The van der Waals surface area contributed by atoms with E-state index >= 15 is 0 Å². The number of phosphoric acid groups is 1. The summed E-state index contributed by atoms with van der Waals surface area (Å²) in [6, 6.07) is 0. The molecule has 0 unspecified atom stereocenters. The second-order valence-corrected chi connectivity index (χ2v) is 6.81. The Bertz CT molecular complexity index is 252. The first kappa shape index (κ1) is 25.0. The minimum absolute atomic E-state index is 0. The average molecular weight is 349 g/mol. The van der Waals surface area contributed by atoms with Crippen molar-refractivity contribution in [1.82, 2.24) is 0 Å². The normalized spacial score (nSPS) is 11.4. The smallest absolute Gasteiger partial charge is 1.00 e. The topological polar surface area (TPSA) is 66.8 Å². The number of unbranched alkanes of at least 4 members (excludes halogenated alkanes) is 12. The molecular formula is C15H34KO4P. The zero-order valence-electron chi connectivity index (χ0n) is 15.1. The second kappa shape index (κ2) is 18.1. The zero-order chi connectivity index (χ0) is 15.1. The summed E-state index contributed by atoms with van der Waals surface area (Å²) < 4.78 is 14.8. The van der Waals surface area contributed by atoms with Crippen LogP contribution in [0.4, 0.5) is 0 Å². The van der Waals surface area contributed by atoms with Crippen LogP contribution in [0.3, 0.4) is 0 Å². The molecule has 4 nitrogen and oxygen atoms in total. The molecule has 0 bridgehead atoms. The van der Waals surface area contributed by atoms with Crippen molar-refractivity contribution in [3.63, 3.8) is 0 Å². The molecule has 0 amide bonds. The van der Waals surface area contributed by atoms with Crippen LogP contribution in [-0.2, 0) is 9.09 Å². The number of hydrogen-bond acceptors (Lipinski definition) is 2. The maximum Gasteiger partial charge on any atom is 1.00 e. The van der Waals surface area contributed by atoms with Crippen LogP contribution in [0.15, 0.2) is 0 Å². The van der Waals surface area contributed by atoms with E-state index in [4.69, 9.17) is 9.79 Å². The standard InChI is InChI=1S/C15H33O4P.K.H/c1-2-3-4-5-6-7-8-9-10-11-12-13-14-15-19-20(16,17)18;;/h2-15H2,1H3,(H2,16,17,18);;/q;+1;-1. The van der Waals surface area contributed by atoms with Crippen LogP contribution in [0.25, 0.3) is 0 Å². The summed E-state index contributed by atoms with van der Waals surface area (Å²) in [7, 11) is -4.25. The van der Waals surface area contributed by atoms with Gasteiger partial charge in [0.15, 0.2) is 0 Å². The average Bonchev–Trinajstić information content (AvgIpc) is 2.38. The number of rotatable bonds is 15. The first-order valence-corrected chi connectivity index (χ1v) is 9.79. The molecule has 0 aliphatic carbocycles. The van der Waals surface area contributed by atoms with Gasteiger partial charge in [0.25, 0.3) is 0 Å². The molecule has 0 atom stereocenters. The van der Waals surface area contributed by atoms with E-state index in [0.29, 0.717) is 0 Å². The molecule has 0 aliphatic heterocycles. The van der Waals surface area contributed by atoms with E-state index in [0.717, 1.165) is 19.3 Å². The van der Waals surface area contributed by atoms with E-state index in [1.807, 2.05) is 0 Å². The van der Waals surface area contributed by atoms with Crippen molar-refractivity contribution < 1.29 is 71.7 Å². The summed E-state index contributed by atoms with van der Waals surface area (Å²) in [5, 5.41) is 0. The van der Waals surface area contributed by atoms with E-state index in [2.05, 4.69) is 11.4 Å². The molecular weight excluding hydrogens is 314 g/mol. The van der Waals surface area contributed by atoms with Gasteiger partial charge in [0.2, 0.25) is 0 Å². The Morgan fingerprint density at radius 1 is 0.762 bits per heavy atom. The molecule has 0 aliphatic rings. The Morgan fingerprint density at radius 2 is 1.10 bits per heavy atom. The van der Waals surface area contributed by atoms with Crippen molar-refractivity contribution in [2.75, 3.05) is 6.61 Å². The second-order valence-electron chi connectivity index (χ2n) is 5.57. The van der Waals surface area contributed by atoms with E-state index in [1.165, 1.54) is 64.2 Å². The summed E-state index contributed by atoms with van der Waals surface area (Å²) in [5.74, 6) is 0. The summed E-state index contributed by atoms with van der Waals surface area (Å²) in [6.45, 7) is 2.42. The van der Waals surface area contributed by atoms with E-state index in [1.54, 1.807) is 0 Å². The van der Waals surface area contributed by atoms with Gasteiger partial charge in [0.05, 0.1) is 6.61 Å². The van der Waals surface area contributed by atoms with Crippen molar-refractivity contribution in [1.29, 1.82) is 0 Å². The van der Waals surface area contributed by atoms with Crippen molar-refractivity contribution in [2.45, 2.75) is 90.4 Å². The molecule has 0 rings (SSSR count). The molecule has 0 spiro atoms. The molecule has 21 heavy (non-hydrogen) atoms. The van der Waals surface area contributed by atoms with Gasteiger partial charge in [-0.1, -0.05) is 84.0 Å². The van der Waals surface area contributed by atoms with Gasteiger partial charge in [-0.05, 0) is 6.42 Å². The minimum Gasteiger partial charge on any atom is -1.00 e. The van der Waals surface area contributed by atoms with E-state index in [9.17, 15) is 4.57 Å².